The van der Waals surface area contributed by atoms with Crippen LogP contribution in [0.3, 0.4) is 0 Å². The lowest BCUT2D eigenvalue weighted by Crippen LogP contribution is -2.32. The third-order valence-corrected chi connectivity index (χ3v) is 4.30. The fraction of sp³-hybridized carbons (Fsp3) is 0.125. The summed E-state index contributed by atoms with van der Waals surface area (Å²) < 4.78 is 39.8. The smallest absolute Gasteiger partial charge is 0.397 e. The molecule has 8 nitrogen and oxygen atoms in total. The number of fused-ring (bicyclic) bond motifs is 1. The van der Waals surface area contributed by atoms with Crippen molar-refractivity contribution in [3.8, 4) is 12.3 Å². The number of nitrogens with zero attached hydrogens (tertiary/aromatic N) is 4. The van der Waals surface area contributed by atoms with Gasteiger partial charge in [-0.2, -0.15) is 23.7 Å². The fourth-order valence-electron chi connectivity index (χ4n) is 2.75. The van der Waals surface area contributed by atoms with Crippen LogP contribution in [0.25, 0.3) is 0 Å². The normalized spacial score (nSPS) is 15.5. The molecule has 0 saturated heterocycles. The zero-order chi connectivity index (χ0) is 20.6. The van der Waals surface area contributed by atoms with Gasteiger partial charge in [0.1, 0.15) is 29.3 Å². The van der Waals surface area contributed by atoms with Crippen molar-refractivity contribution >= 4 is 34.9 Å². The second-order valence-corrected chi connectivity index (χ2v) is 6.05. The highest BCUT2D eigenvalue weighted by molar-refractivity contribution is 6.31. The second-order valence-electron chi connectivity index (χ2n) is 5.64. The molecule has 0 aliphatic carbocycles. The summed E-state index contributed by atoms with van der Waals surface area (Å²) in [6.07, 6.45) is -3.04. The van der Waals surface area contributed by atoms with Gasteiger partial charge in [0.2, 0.25) is 5.96 Å². The lowest BCUT2D eigenvalue weighted by Gasteiger charge is -2.26. The monoisotopic (exact) mass is 406 g/mol. The molecule has 0 amide bonds. The number of alkyl halides is 3. The molecule has 1 unspecified atom stereocenters. The number of aliphatic imine (C=N–C) groups is 1. The zero-order valence-electron chi connectivity index (χ0n) is 13.8. The second kappa shape index (κ2) is 6.79. The highest BCUT2D eigenvalue weighted by Crippen LogP contribution is 2.43. The number of anilines is 3. The van der Waals surface area contributed by atoms with E-state index in [2.05, 4.69) is 20.6 Å². The van der Waals surface area contributed by atoms with E-state index < -0.39 is 22.8 Å². The average Bonchev–Trinajstić information content (AvgIpc) is 2.61. The van der Waals surface area contributed by atoms with E-state index in [9.17, 15) is 18.4 Å². The lowest BCUT2D eigenvalue weighted by molar-refractivity contribution is -0.137. The van der Waals surface area contributed by atoms with Gasteiger partial charge in [-0.15, -0.1) is 0 Å². The van der Waals surface area contributed by atoms with E-state index in [1.54, 1.807) is 6.19 Å². The summed E-state index contributed by atoms with van der Waals surface area (Å²) >= 11 is 5.68. The Morgan fingerprint density at radius 2 is 1.96 bits per heavy atom. The van der Waals surface area contributed by atoms with Crippen molar-refractivity contribution in [3.63, 3.8) is 0 Å². The van der Waals surface area contributed by atoms with Gasteiger partial charge in [-0.05, 0) is 17.7 Å². The molecule has 0 saturated carbocycles. The number of hydrogen-bond donors (Lipinski definition) is 4. The number of halogens is 4. The van der Waals surface area contributed by atoms with E-state index >= 15 is 0 Å². The molecule has 0 spiro atoms. The topological polar surface area (TPSA) is 149 Å². The molecule has 142 valence electrons. The average molecular weight is 407 g/mol. The van der Waals surface area contributed by atoms with Gasteiger partial charge >= 0.3 is 6.18 Å². The summed E-state index contributed by atoms with van der Waals surface area (Å²) in [5.41, 5.74) is 10.7. The molecule has 1 aliphatic rings. The Labute approximate surface area is 161 Å². The van der Waals surface area contributed by atoms with Crippen molar-refractivity contribution in [2.24, 2.45) is 4.99 Å². The molecule has 3 rings (SSSR count). The Balaban J connectivity index is 2.27. The van der Waals surface area contributed by atoms with E-state index in [-0.39, 0.29) is 40.0 Å². The first-order valence-electron chi connectivity index (χ1n) is 7.52. The summed E-state index contributed by atoms with van der Waals surface area (Å²) in [7, 11) is 0. The van der Waals surface area contributed by atoms with E-state index in [0.29, 0.717) is 0 Å². The van der Waals surface area contributed by atoms with Crippen molar-refractivity contribution in [3.05, 3.63) is 45.5 Å². The van der Waals surface area contributed by atoms with Gasteiger partial charge in [0.15, 0.2) is 6.19 Å². The first kappa shape index (κ1) is 19.1. The summed E-state index contributed by atoms with van der Waals surface area (Å²) in [6, 6.07) is 3.97. The highest BCUT2D eigenvalue weighted by Gasteiger charge is 2.35. The van der Waals surface area contributed by atoms with Crippen LogP contribution in [0.5, 0.6) is 0 Å². The lowest BCUT2D eigenvalue weighted by atomic mass is 9.94. The van der Waals surface area contributed by atoms with E-state index in [4.69, 9.17) is 28.3 Å². The van der Waals surface area contributed by atoms with Crippen molar-refractivity contribution in [2.45, 2.75) is 12.2 Å². The standard InChI is InChI=1S/C16H10ClF3N8/c17-9-2-1-6(3-8(9)16(18,19)20)12-10-11(23)7(4-21)13(24)27-14(10)28-15(26-12)25-5-22/h1-3,12H,(H6,23,24,25,26,27,28). The third kappa shape index (κ3) is 3.19. The molecule has 0 fully saturated rings. The SMILES string of the molecule is N#CNC1=NC(c2ccc(Cl)c(C(F)(F)F)c2)c2c(nc(N)c(C#N)c2N)N1. The predicted octanol–water partition coefficient (Wildman–Crippen LogP) is 2.73. The van der Waals surface area contributed by atoms with Crippen LogP contribution < -0.4 is 22.1 Å². The Morgan fingerprint density at radius 1 is 1.25 bits per heavy atom. The third-order valence-electron chi connectivity index (χ3n) is 3.97. The van der Waals surface area contributed by atoms with Gasteiger partial charge in [-0.3, -0.25) is 5.32 Å². The van der Waals surface area contributed by atoms with Crippen molar-refractivity contribution in [1.29, 1.82) is 10.5 Å². The summed E-state index contributed by atoms with van der Waals surface area (Å²) in [5, 5.41) is 22.5. The molecule has 1 aliphatic heterocycles. The Kier molecular flexibility index (Phi) is 4.63. The van der Waals surface area contributed by atoms with Crippen LogP contribution >= 0.6 is 11.6 Å². The maximum Gasteiger partial charge on any atom is 0.417 e. The number of benzene rings is 1. The van der Waals surface area contributed by atoms with Crippen LogP contribution in [0, 0.1) is 22.8 Å². The molecule has 1 aromatic heterocycles. The molecule has 28 heavy (non-hydrogen) atoms. The number of nitriles is 2. The van der Waals surface area contributed by atoms with Gasteiger partial charge in [-0.1, -0.05) is 17.7 Å². The first-order chi connectivity index (χ1) is 13.2. The minimum Gasteiger partial charge on any atom is -0.397 e. The maximum atomic E-state index is 13.3. The van der Waals surface area contributed by atoms with E-state index in [1.165, 1.54) is 6.07 Å². The molecule has 1 aromatic carbocycles. The van der Waals surface area contributed by atoms with Crippen LogP contribution in [-0.2, 0) is 6.18 Å². The molecule has 6 N–H and O–H groups in total. The molecule has 12 heteroatoms. The summed E-state index contributed by atoms with van der Waals surface area (Å²) in [5.74, 6) is -0.176. The maximum absolute atomic E-state index is 13.3. The van der Waals surface area contributed by atoms with Crippen molar-refractivity contribution in [2.75, 3.05) is 16.8 Å². The number of nitrogens with two attached hydrogens (primary N) is 2. The van der Waals surface area contributed by atoms with Gasteiger partial charge in [-0.25, -0.2) is 9.98 Å². The largest absolute Gasteiger partial charge is 0.417 e. The number of hydrogen-bond acceptors (Lipinski definition) is 8. The van der Waals surface area contributed by atoms with Gasteiger partial charge in [0.25, 0.3) is 0 Å². The molecule has 2 aromatic rings. The van der Waals surface area contributed by atoms with Crippen LogP contribution in [-0.4, -0.2) is 10.9 Å². The van der Waals surface area contributed by atoms with Gasteiger partial charge in [0, 0.05) is 5.56 Å². The Morgan fingerprint density at radius 3 is 2.57 bits per heavy atom. The van der Waals surface area contributed by atoms with Crippen LogP contribution in [0.15, 0.2) is 23.2 Å². The van der Waals surface area contributed by atoms with Gasteiger partial charge < -0.3 is 16.8 Å². The van der Waals surface area contributed by atoms with Gasteiger partial charge in [0.05, 0.1) is 16.3 Å². The van der Waals surface area contributed by atoms with E-state index in [0.717, 1.165) is 12.1 Å². The highest BCUT2D eigenvalue weighted by atomic mass is 35.5. The number of nitrogens with one attached hydrogen (secondary N) is 2. The Bertz CT molecular complexity index is 1080. The minimum absolute atomic E-state index is 0.0651. The molecule has 0 radical (unpaired) electrons. The Hall–Kier alpha value is -3.70. The molecular formula is C16H10ClF3N8. The summed E-state index contributed by atoms with van der Waals surface area (Å²) in [6.45, 7) is 0. The van der Waals surface area contributed by atoms with Crippen LogP contribution in [0.4, 0.5) is 30.5 Å². The quantitative estimate of drug-likeness (QED) is 0.420. The summed E-state index contributed by atoms with van der Waals surface area (Å²) in [4.78, 5) is 8.22. The van der Waals surface area contributed by atoms with Crippen molar-refractivity contribution < 1.29 is 13.2 Å². The number of rotatable bonds is 1. The first-order valence-corrected chi connectivity index (χ1v) is 7.90. The number of aromatic nitrogens is 1. The van der Waals surface area contributed by atoms with Crippen LogP contribution in [0.2, 0.25) is 5.02 Å². The fourth-order valence-corrected chi connectivity index (χ4v) is 2.98. The number of guanidine groups is 1. The number of nitrogen functional groups attached to an aromatic ring is 2. The minimum atomic E-state index is -4.69. The molecular weight excluding hydrogens is 397 g/mol. The zero-order valence-corrected chi connectivity index (χ0v) is 14.5. The van der Waals surface area contributed by atoms with E-state index in [1.807, 2.05) is 6.07 Å². The molecule has 2 heterocycles. The molecule has 1 atom stereocenters. The predicted molar refractivity (Wildman–Crippen MR) is 95.9 cm³/mol. The number of pyridine rings is 1. The molecule has 0 bridgehead atoms. The van der Waals surface area contributed by atoms with Crippen LogP contribution in [0.1, 0.15) is 28.3 Å². The van der Waals surface area contributed by atoms with Crippen molar-refractivity contribution in [1.82, 2.24) is 10.3 Å².